The second-order valence-electron chi connectivity index (χ2n) is 8.05. The molecular weight excluding hydrogens is 390 g/mol. The maximum atomic E-state index is 13.0. The van der Waals surface area contributed by atoms with Gasteiger partial charge in [-0.15, -0.1) is 0 Å². The molecule has 2 aliphatic heterocycles. The van der Waals surface area contributed by atoms with Crippen LogP contribution in [0.15, 0.2) is 66.9 Å². The first kappa shape index (κ1) is 21.1. The summed E-state index contributed by atoms with van der Waals surface area (Å²) < 4.78 is 5.34. The maximum Gasteiger partial charge on any atom is 0.355 e. The molecule has 0 aliphatic carbocycles. The van der Waals surface area contributed by atoms with Crippen molar-refractivity contribution in [1.82, 2.24) is 4.90 Å². The van der Waals surface area contributed by atoms with Gasteiger partial charge in [0.2, 0.25) is 5.91 Å². The molecule has 5 nitrogen and oxygen atoms in total. The van der Waals surface area contributed by atoms with Gasteiger partial charge in [-0.3, -0.25) is 4.79 Å². The Balaban J connectivity index is 1.83. The summed E-state index contributed by atoms with van der Waals surface area (Å²) in [6, 6.07) is 16.1. The summed E-state index contributed by atoms with van der Waals surface area (Å²) in [4.78, 5) is 27.3. The van der Waals surface area contributed by atoms with Gasteiger partial charge in [0.1, 0.15) is 12.3 Å². The summed E-state index contributed by atoms with van der Waals surface area (Å²) in [5, 5.41) is 10.1. The minimum atomic E-state index is -0.764. The van der Waals surface area contributed by atoms with Gasteiger partial charge in [-0.1, -0.05) is 62.0 Å². The van der Waals surface area contributed by atoms with Crippen molar-refractivity contribution in [1.29, 1.82) is 0 Å². The number of ether oxygens (including phenoxy) is 1. The lowest BCUT2D eigenvalue weighted by atomic mass is 9.82. The van der Waals surface area contributed by atoms with Crippen LogP contribution in [0.3, 0.4) is 0 Å². The molecule has 0 saturated carbocycles. The Bertz CT molecular complexity index is 1050. The highest BCUT2D eigenvalue weighted by Gasteiger charge is 2.57. The van der Waals surface area contributed by atoms with Crippen LogP contribution in [0.5, 0.6) is 0 Å². The van der Waals surface area contributed by atoms with Gasteiger partial charge < -0.3 is 14.7 Å². The molecule has 2 heterocycles. The Morgan fingerprint density at radius 3 is 2.65 bits per heavy atom. The number of carbonyl (C=O) groups is 2. The predicted molar refractivity (Wildman–Crippen MR) is 120 cm³/mol. The number of aliphatic hydroxyl groups is 1. The van der Waals surface area contributed by atoms with E-state index >= 15 is 0 Å². The lowest BCUT2D eigenvalue weighted by Crippen LogP contribution is -2.61. The van der Waals surface area contributed by atoms with Crippen molar-refractivity contribution in [2.45, 2.75) is 38.8 Å². The topological polar surface area (TPSA) is 66.8 Å². The Labute approximate surface area is 182 Å². The summed E-state index contributed by atoms with van der Waals surface area (Å²) in [6.07, 6.45) is 2.06. The third-order valence-electron chi connectivity index (χ3n) is 6.18. The highest BCUT2D eigenvalue weighted by Crippen LogP contribution is 2.48. The Hall–Kier alpha value is -3.18. The molecule has 3 atom stereocenters. The normalized spacial score (nSPS) is 20.9. The van der Waals surface area contributed by atoms with Crippen molar-refractivity contribution < 1.29 is 19.4 Å². The minimum absolute atomic E-state index is 0.0762. The monoisotopic (exact) mass is 417 g/mol. The van der Waals surface area contributed by atoms with E-state index in [9.17, 15) is 14.7 Å². The van der Waals surface area contributed by atoms with Gasteiger partial charge >= 0.3 is 5.97 Å². The number of hydrogen-bond donors (Lipinski definition) is 1. The molecule has 0 spiro atoms. The van der Waals surface area contributed by atoms with Crippen LogP contribution in [0.4, 0.5) is 0 Å². The number of nitrogens with zero attached hydrogens (tertiary/aromatic N) is 1. The van der Waals surface area contributed by atoms with Crippen molar-refractivity contribution >= 4 is 17.4 Å². The van der Waals surface area contributed by atoms with Gasteiger partial charge in [0.05, 0.1) is 18.1 Å². The van der Waals surface area contributed by atoms with E-state index in [-0.39, 0.29) is 18.6 Å². The quantitative estimate of drug-likeness (QED) is 0.421. The Kier molecular flexibility index (Phi) is 5.79. The van der Waals surface area contributed by atoms with Crippen molar-refractivity contribution in [3.05, 3.63) is 78.0 Å². The second-order valence-corrected chi connectivity index (χ2v) is 8.05. The average Bonchev–Trinajstić information content (AvgIpc) is 3.12. The SMILES string of the molecule is C=CCOC(=O)C1=C(c2cc(-c3ccccc3)ccc2CC)CC2C([C@@H](C)O)C(=O)N12. The van der Waals surface area contributed by atoms with E-state index in [0.717, 1.165) is 34.2 Å². The number of rotatable bonds is 7. The third kappa shape index (κ3) is 3.59. The molecule has 1 amide bonds. The van der Waals surface area contributed by atoms with Gasteiger partial charge in [0.25, 0.3) is 0 Å². The summed E-state index contributed by atoms with van der Waals surface area (Å²) >= 11 is 0. The third-order valence-corrected chi connectivity index (χ3v) is 6.18. The molecule has 0 aromatic heterocycles. The van der Waals surface area contributed by atoms with Crippen LogP contribution >= 0.6 is 0 Å². The molecule has 1 fully saturated rings. The molecule has 0 radical (unpaired) electrons. The van der Waals surface area contributed by atoms with Crippen LogP contribution in [0, 0.1) is 5.92 Å². The van der Waals surface area contributed by atoms with Crippen molar-refractivity contribution in [3.63, 3.8) is 0 Å². The van der Waals surface area contributed by atoms with Crippen molar-refractivity contribution in [2.75, 3.05) is 6.61 Å². The second kappa shape index (κ2) is 8.52. The smallest absolute Gasteiger partial charge is 0.355 e. The first-order valence-electron chi connectivity index (χ1n) is 10.7. The molecule has 5 heteroatoms. The fourth-order valence-electron chi connectivity index (χ4n) is 4.68. The number of benzene rings is 2. The van der Waals surface area contributed by atoms with E-state index in [2.05, 4.69) is 31.7 Å². The van der Waals surface area contributed by atoms with E-state index in [1.807, 2.05) is 30.3 Å². The lowest BCUT2D eigenvalue weighted by molar-refractivity contribution is -0.162. The van der Waals surface area contributed by atoms with E-state index in [1.54, 1.807) is 6.92 Å². The number of β-lactam (4-membered cyclic amide) rings is 1. The molecule has 1 saturated heterocycles. The highest BCUT2D eigenvalue weighted by atomic mass is 16.5. The first-order valence-corrected chi connectivity index (χ1v) is 10.7. The van der Waals surface area contributed by atoms with E-state index in [4.69, 9.17) is 4.74 Å². The summed E-state index contributed by atoms with van der Waals surface area (Å²) in [6.45, 7) is 7.38. The number of hydrogen-bond acceptors (Lipinski definition) is 4. The maximum absolute atomic E-state index is 13.0. The molecule has 4 rings (SSSR count). The molecule has 2 aromatic carbocycles. The van der Waals surface area contributed by atoms with Crippen LogP contribution in [-0.2, 0) is 20.7 Å². The van der Waals surface area contributed by atoms with Gasteiger partial charge in [0.15, 0.2) is 0 Å². The molecule has 2 aliphatic rings. The molecule has 160 valence electrons. The van der Waals surface area contributed by atoms with Gasteiger partial charge in [-0.05, 0) is 53.7 Å². The van der Waals surface area contributed by atoms with E-state index in [1.165, 1.54) is 11.0 Å². The molecular formula is C26H27NO4. The number of aliphatic hydroxyl groups excluding tert-OH is 1. The summed E-state index contributed by atoms with van der Waals surface area (Å²) in [5.41, 5.74) is 5.31. The van der Waals surface area contributed by atoms with Crippen LogP contribution < -0.4 is 0 Å². The number of esters is 1. The number of amides is 1. The largest absolute Gasteiger partial charge is 0.457 e. The van der Waals surface area contributed by atoms with Crippen molar-refractivity contribution in [3.8, 4) is 11.1 Å². The molecule has 2 unspecified atom stereocenters. The minimum Gasteiger partial charge on any atom is -0.457 e. The fourth-order valence-corrected chi connectivity index (χ4v) is 4.68. The van der Waals surface area contributed by atoms with E-state index in [0.29, 0.717) is 12.1 Å². The molecule has 2 aromatic rings. The number of carbonyl (C=O) groups excluding carboxylic acids is 2. The predicted octanol–water partition coefficient (Wildman–Crippen LogP) is 3.97. The first-order chi connectivity index (χ1) is 15.0. The number of aryl methyl sites for hydroxylation is 1. The summed E-state index contributed by atoms with van der Waals surface area (Å²) in [7, 11) is 0. The lowest BCUT2D eigenvalue weighted by Gasteiger charge is -2.44. The zero-order valence-corrected chi connectivity index (χ0v) is 17.9. The van der Waals surface area contributed by atoms with Crippen molar-refractivity contribution in [2.24, 2.45) is 5.92 Å². The van der Waals surface area contributed by atoms with Crippen LogP contribution in [0.1, 0.15) is 31.4 Å². The standard InChI is InChI=1S/C26H27NO4/c1-4-13-31-26(30)24-21(15-22-23(16(3)28)25(29)27(22)24)20-14-19(12-11-17(20)5-2)18-9-7-6-8-10-18/h4,6-12,14,16,22-23,28H,1,5,13,15H2,2-3H3/t16-,22?,23?/m1/s1. The fraction of sp³-hybridized carbons (Fsp3) is 0.308. The van der Waals surface area contributed by atoms with Crippen LogP contribution in [0.2, 0.25) is 0 Å². The van der Waals surface area contributed by atoms with Crippen LogP contribution in [0.25, 0.3) is 16.7 Å². The molecule has 31 heavy (non-hydrogen) atoms. The zero-order chi connectivity index (χ0) is 22.1. The average molecular weight is 418 g/mol. The summed E-state index contributed by atoms with van der Waals surface area (Å²) in [5.74, 6) is -1.25. The number of fused-ring (bicyclic) bond motifs is 1. The van der Waals surface area contributed by atoms with E-state index < -0.39 is 18.0 Å². The van der Waals surface area contributed by atoms with Gasteiger partial charge in [0, 0.05) is 0 Å². The Morgan fingerprint density at radius 2 is 2.00 bits per heavy atom. The highest BCUT2D eigenvalue weighted by molar-refractivity contribution is 6.07. The van der Waals surface area contributed by atoms with Gasteiger partial charge in [-0.25, -0.2) is 4.79 Å². The Morgan fingerprint density at radius 1 is 1.26 bits per heavy atom. The van der Waals surface area contributed by atoms with Crippen LogP contribution in [-0.4, -0.2) is 40.6 Å². The van der Waals surface area contributed by atoms with Gasteiger partial charge in [-0.2, -0.15) is 0 Å². The molecule has 1 N–H and O–H groups in total. The molecule has 0 bridgehead atoms. The zero-order valence-electron chi connectivity index (χ0n) is 17.9.